The van der Waals surface area contributed by atoms with Crippen molar-refractivity contribution in [3.05, 3.63) is 94.4 Å². The number of ether oxygens (including phenoxy) is 3. The molecule has 0 unspecified atom stereocenters. The summed E-state index contributed by atoms with van der Waals surface area (Å²) in [6.45, 7) is 1.75. The minimum atomic E-state index is -0.561. The molecule has 0 spiro atoms. The maximum absolute atomic E-state index is 12.4. The number of carbonyl (C=O) groups is 1. The van der Waals surface area contributed by atoms with Gasteiger partial charge in [0.05, 0.1) is 14.2 Å². The fourth-order valence-corrected chi connectivity index (χ4v) is 3.57. The van der Waals surface area contributed by atoms with Crippen LogP contribution in [0.15, 0.2) is 82.0 Å². The van der Waals surface area contributed by atoms with Gasteiger partial charge in [0.1, 0.15) is 11.3 Å². The van der Waals surface area contributed by atoms with Gasteiger partial charge in [0, 0.05) is 23.1 Å². The lowest BCUT2D eigenvalue weighted by Gasteiger charge is -2.11. The summed E-state index contributed by atoms with van der Waals surface area (Å²) in [6, 6.07) is 19.8. The van der Waals surface area contributed by atoms with Crippen LogP contribution >= 0.6 is 0 Å². The second kappa shape index (κ2) is 9.44. The van der Waals surface area contributed by atoms with Crippen LogP contribution < -0.4 is 19.8 Å². The van der Waals surface area contributed by atoms with Gasteiger partial charge in [0.25, 0.3) is 0 Å². The molecule has 0 atom stereocenters. The van der Waals surface area contributed by atoms with Crippen LogP contribution in [-0.4, -0.2) is 20.2 Å². The van der Waals surface area contributed by atoms with Crippen LogP contribution in [0.4, 0.5) is 0 Å². The number of methoxy groups -OCH3 is 2. The Labute approximate surface area is 190 Å². The average molecular weight is 442 g/mol. The standard InChI is InChI=1S/C27H22O6/c1-17-22(32-25(28)14-10-18-9-12-23(30-2)24(15-18)31-3)13-11-20-21(16-26(29)33-27(17)20)19-7-5-4-6-8-19/h4-16H,1-3H3/b14-10+. The first-order valence-electron chi connectivity index (χ1n) is 10.2. The molecule has 0 aliphatic heterocycles. The van der Waals surface area contributed by atoms with Gasteiger partial charge in [0.15, 0.2) is 11.5 Å². The molecule has 0 saturated heterocycles. The fourth-order valence-electron chi connectivity index (χ4n) is 3.57. The second-order valence-corrected chi connectivity index (χ2v) is 7.28. The number of hydrogen-bond acceptors (Lipinski definition) is 6. The molecule has 0 amide bonds. The van der Waals surface area contributed by atoms with Gasteiger partial charge in [0.2, 0.25) is 0 Å². The van der Waals surface area contributed by atoms with E-state index in [0.29, 0.717) is 28.4 Å². The van der Waals surface area contributed by atoms with Gasteiger partial charge in [-0.05, 0) is 54.0 Å². The molecule has 3 aromatic carbocycles. The van der Waals surface area contributed by atoms with Crippen LogP contribution in [-0.2, 0) is 4.79 Å². The Morgan fingerprint density at radius 2 is 1.61 bits per heavy atom. The summed E-state index contributed by atoms with van der Waals surface area (Å²) in [5.41, 5.74) is 2.89. The molecule has 6 heteroatoms. The van der Waals surface area contributed by atoms with Crippen molar-refractivity contribution < 1.29 is 23.4 Å². The van der Waals surface area contributed by atoms with Crippen LogP contribution in [0.25, 0.3) is 28.2 Å². The molecule has 166 valence electrons. The van der Waals surface area contributed by atoms with Crippen molar-refractivity contribution in [3.8, 4) is 28.4 Å². The Balaban J connectivity index is 1.62. The molecule has 6 nitrogen and oxygen atoms in total. The maximum atomic E-state index is 12.4. The number of aryl methyl sites for hydroxylation is 1. The molecule has 4 aromatic rings. The van der Waals surface area contributed by atoms with Crippen LogP contribution in [0.2, 0.25) is 0 Å². The molecule has 33 heavy (non-hydrogen) atoms. The van der Waals surface area contributed by atoms with Crippen molar-refractivity contribution in [3.63, 3.8) is 0 Å². The molecule has 1 aromatic heterocycles. The summed E-state index contributed by atoms with van der Waals surface area (Å²) < 4.78 is 21.5. The minimum Gasteiger partial charge on any atom is -0.493 e. The Morgan fingerprint density at radius 3 is 2.33 bits per heavy atom. The summed E-state index contributed by atoms with van der Waals surface area (Å²) >= 11 is 0. The third-order valence-electron chi connectivity index (χ3n) is 5.23. The number of rotatable bonds is 6. The Kier molecular flexibility index (Phi) is 6.26. The zero-order valence-corrected chi connectivity index (χ0v) is 18.5. The molecule has 0 fully saturated rings. The molecule has 0 bridgehead atoms. The molecule has 0 N–H and O–H groups in total. The van der Waals surface area contributed by atoms with E-state index in [2.05, 4.69) is 0 Å². The van der Waals surface area contributed by atoms with Crippen LogP contribution in [0.3, 0.4) is 0 Å². The number of esters is 1. The van der Waals surface area contributed by atoms with Crippen molar-refractivity contribution in [1.29, 1.82) is 0 Å². The summed E-state index contributed by atoms with van der Waals surface area (Å²) in [7, 11) is 3.10. The first-order chi connectivity index (χ1) is 16.0. The van der Waals surface area contributed by atoms with E-state index >= 15 is 0 Å². The van der Waals surface area contributed by atoms with Crippen LogP contribution in [0, 0.1) is 6.92 Å². The summed E-state index contributed by atoms with van der Waals surface area (Å²) in [5, 5.41) is 0.763. The minimum absolute atomic E-state index is 0.317. The van der Waals surface area contributed by atoms with Crippen molar-refractivity contribution >= 4 is 23.0 Å². The normalized spacial score (nSPS) is 11.0. The smallest absolute Gasteiger partial charge is 0.336 e. The lowest BCUT2D eigenvalue weighted by Crippen LogP contribution is -2.06. The van der Waals surface area contributed by atoms with E-state index in [4.69, 9.17) is 18.6 Å². The van der Waals surface area contributed by atoms with E-state index < -0.39 is 11.6 Å². The molecule has 0 saturated carbocycles. The number of carbonyl (C=O) groups excluding carboxylic acids is 1. The van der Waals surface area contributed by atoms with Gasteiger partial charge in [-0.1, -0.05) is 36.4 Å². The summed E-state index contributed by atoms with van der Waals surface area (Å²) in [4.78, 5) is 24.7. The van der Waals surface area contributed by atoms with E-state index in [1.807, 2.05) is 30.3 Å². The highest BCUT2D eigenvalue weighted by molar-refractivity contribution is 5.96. The predicted octanol–water partition coefficient (Wildman–Crippen LogP) is 5.40. The quantitative estimate of drug-likeness (QED) is 0.172. The van der Waals surface area contributed by atoms with Crippen molar-refractivity contribution in [2.24, 2.45) is 0 Å². The first-order valence-corrected chi connectivity index (χ1v) is 10.2. The summed E-state index contributed by atoms with van der Waals surface area (Å²) in [6.07, 6.45) is 2.94. The van der Waals surface area contributed by atoms with Gasteiger partial charge >= 0.3 is 11.6 Å². The molecular weight excluding hydrogens is 420 g/mol. The Bertz CT molecular complexity index is 1400. The van der Waals surface area contributed by atoms with E-state index in [1.54, 1.807) is 57.6 Å². The van der Waals surface area contributed by atoms with Gasteiger partial charge in [-0.3, -0.25) is 0 Å². The molecule has 4 rings (SSSR count). The Hall–Kier alpha value is -4.32. The fraction of sp³-hybridized carbons (Fsp3) is 0.111. The van der Waals surface area contributed by atoms with E-state index in [9.17, 15) is 9.59 Å². The molecule has 0 aliphatic rings. The number of hydrogen-bond donors (Lipinski definition) is 0. The molecular formula is C27H22O6. The van der Waals surface area contributed by atoms with Gasteiger partial charge < -0.3 is 18.6 Å². The molecule has 1 heterocycles. The SMILES string of the molecule is COc1ccc(/C=C/C(=O)Oc2ccc3c(-c4ccccc4)cc(=O)oc3c2C)cc1OC. The monoisotopic (exact) mass is 442 g/mol. The zero-order valence-electron chi connectivity index (χ0n) is 18.5. The second-order valence-electron chi connectivity index (χ2n) is 7.28. The van der Waals surface area contributed by atoms with Crippen LogP contribution in [0.5, 0.6) is 17.2 Å². The first kappa shape index (κ1) is 21.9. The van der Waals surface area contributed by atoms with E-state index in [-0.39, 0.29) is 0 Å². The highest BCUT2D eigenvalue weighted by atomic mass is 16.5. The largest absolute Gasteiger partial charge is 0.493 e. The van der Waals surface area contributed by atoms with E-state index in [1.165, 1.54) is 12.1 Å². The highest BCUT2D eigenvalue weighted by Gasteiger charge is 2.14. The van der Waals surface area contributed by atoms with Gasteiger partial charge in [-0.15, -0.1) is 0 Å². The number of fused-ring (bicyclic) bond motifs is 1. The molecule has 0 aliphatic carbocycles. The lowest BCUT2D eigenvalue weighted by molar-refractivity contribution is -0.128. The topological polar surface area (TPSA) is 75.0 Å². The number of benzene rings is 3. The molecule has 0 radical (unpaired) electrons. The third-order valence-corrected chi connectivity index (χ3v) is 5.23. The van der Waals surface area contributed by atoms with Crippen LogP contribution in [0.1, 0.15) is 11.1 Å². The Morgan fingerprint density at radius 1 is 0.879 bits per heavy atom. The van der Waals surface area contributed by atoms with Gasteiger partial charge in [-0.25, -0.2) is 9.59 Å². The lowest BCUT2D eigenvalue weighted by atomic mass is 10.0. The van der Waals surface area contributed by atoms with E-state index in [0.717, 1.165) is 22.1 Å². The van der Waals surface area contributed by atoms with Crippen molar-refractivity contribution in [2.75, 3.05) is 14.2 Å². The maximum Gasteiger partial charge on any atom is 0.336 e. The average Bonchev–Trinajstić information content (AvgIpc) is 2.84. The zero-order chi connectivity index (χ0) is 23.4. The highest BCUT2D eigenvalue weighted by Crippen LogP contribution is 2.33. The predicted molar refractivity (Wildman–Crippen MR) is 127 cm³/mol. The van der Waals surface area contributed by atoms with Crippen molar-refractivity contribution in [1.82, 2.24) is 0 Å². The summed E-state index contributed by atoms with van der Waals surface area (Å²) in [5.74, 6) is 0.912. The van der Waals surface area contributed by atoms with Crippen molar-refractivity contribution in [2.45, 2.75) is 6.92 Å². The van der Waals surface area contributed by atoms with Gasteiger partial charge in [-0.2, -0.15) is 0 Å². The third kappa shape index (κ3) is 4.65.